The van der Waals surface area contributed by atoms with E-state index in [0.29, 0.717) is 30.1 Å². The molecule has 0 saturated heterocycles. The van der Waals surface area contributed by atoms with Gasteiger partial charge in [0.2, 0.25) is 0 Å². The molecular formula is C18H19F4N3. The molecule has 0 radical (unpaired) electrons. The van der Waals surface area contributed by atoms with Gasteiger partial charge in [0.25, 0.3) is 0 Å². The van der Waals surface area contributed by atoms with Gasteiger partial charge in [0.05, 0.1) is 5.56 Å². The molecule has 0 heterocycles. The predicted octanol–water partition coefficient (Wildman–Crippen LogP) is 3.75. The number of rotatable bonds is 5. The Morgan fingerprint density at radius 1 is 1.04 bits per heavy atom. The van der Waals surface area contributed by atoms with E-state index < -0.39 is 11.7 Å². The first-order valence-electron chi connectivity index (χ1n) is 7.74. The average molecular weight is 353 g/mol. The third-order valence-electron chi connectivity index (χ3n) is 3.58. The normalized spacial score (nSPS) is 12.1. The lowest BCUT2D eigenvalue weighted by atomic mass is 10.1. The van der Waals surface area contributed by atoms with Gasteiger partial charge in [-0.05, 0) is 35.7 Å². The molecule has 0 amide bonds. The van der Waals surface area contributed by atoms with Gasteiger partial charge < -0.3 is 10.6 Å². The summed E-state index contributed by atoms with van der Waals surface area (Å²) in [5.74, 6) is 0.171. The Morgan fingerprint density at radius 3 is 2.48 bits per heavy atom. The van der Waals surface area contributed by atoms with Crippen molar-refractivity contribution in [3.8, 4) is 0 Å². The molecule has 0 saturated carbocycles. The molecule has 0 unspecified atom stereocenters. The van der Waals surface area contributed by atoms with Gasteiger partial charge in [-0.1, -0.05) is 30.3 Å². The summed E-state index contributed by atoms with van der Waals surface area (Å²) < 4.78 is 51.7. The zero-order chi connectivity index (χ0) is 18.3. The second-order valence-electron chi connectivity index (χ2n) is 5.39. The summed E-state index contributed by atoms with van der Waals surface area (Å²) in [5.41, 5.74) is 0.393. The van der Waals surface area contributed by atoms with E-state index in [4.69, 9.17) is 0 Å². The molecule has 2 N–H and O–H groups in total. The second kappa shape index (κ2) is 8.50. The molecule has 134 valence electrons. The van der Waals surface area contributed by atoms with Gasteiger partial charge in [0.15, 0.2) is 5.96 Å². The number of halogens is 4. The Hall–Kier alpha value is -2.57. The van der Waals surface area contributed by atoms with Crippen LogP contribution in [0.15, 0.2) is 53.5 Å². The molecule has 0 aliphatic heterocycles. The highest BCUT2D eigenvalue weighted by molar-refractivity contribution is 5.79. The van der Waals surface area contributed by atoms with Crippen LogP contribution in [0.3, 0.4) is 0 Å². The number of guanidine groups is 1. The van der Waals surface area contributed by atoms with Crippen LogP contribution in [0, 0.1) is 5.82 Å². The van der Waals surface area contributed by atoms with Crippen molar-refractivity contribution in [1.82, 2.24) is 10.6 Å². The summed E-state index contributed by atoms with van der Waals surface area (Å²) in [6.45, 7) is 0.645. The maximum Gasteiger partial charge on any atom is 0.416 e. The maximum atomic E-state index is 13.5. The van der Waals surface area contributed by atoms with Gasteiger partial charge in [-0.2, -0.15) is 13.2 Å². The molecule has 0 aromatic heterocycles. The van der Waals surface area contributed by atoms with E-state index in [9.17, 15) is 17.6 Å². The van der Waals surface area contributed by atoms with Crippen LogP contribution in [-0.2, 0) is 19.1 Å². The minimum atomic E-state index is -4.37. The Bertz CT molecular complexity index is 726. The third kappa shape index (κ3) is 5.77. The second-order valence-corrected chi connectivity index (χ2v) is 5.39. The van der Waals surface area contributed by atoms with Gasteiger partial charge >= 0.3 is 6.18 Å². The monoisotopic (exact) mass is 353 g/mol. The molecule has 2 rings (SSSR count). The number of hydrogen-bond acceptors (Lipinski definition) is 1. The van der Waals surface area contributed by atoms with Gasteiger partial charge in [-0.25, -0.2) is 4.39 Å². The van der Waals surface area contributed by atoms with E-state index in [1.54, 1.807) is 31.3 Å². The highest BCUT2D eigenvalue weighted by Gasteiger charge is 2.30. The van der Waals surface area contributed by atoms with E-state index in [0.717, 1.165) is 12.1 Å². The summed E-state index contributed by atoms with van der Waals surface area (Å²) in [6, 6.07) is 11.6. The molecule has 2 aromatic rings. The molecule has 0 bridgehead atoms. The number of aliphatic imine (C=N–C) groups is 1. The van der Waals surface area contributed by atoms with Crippen LogP contribution in [0.1, 0.15) is 16.7 Å². The van der Waals surface area contributed by atoms with Crippen molar-refractivity contribution in [2.45, 2.75) is 19.1 Å². The zero-order valence-corrected chi connectivity index (χ0v) is 13.7. The Kier molecular flexibility index (Phi) is 6.38. The summed E-state index contributed by atoms with van der Waals surface area (Å²) >= 11 is 0. The van der Waals surface area contributed by atoms with Crippen molar-refractivity contribution in [2.24, 2.45) is 4.99 Å². The van der Waals surface area contributed by atoms with Crippen LogP contribution in [-0.4, -0.2) is 19.6 Å². The predicted molar refractivity (Wildman–Crippen MR) is 89.7 cm³/mol. The van der Waals surface area contributed by atoms with Gasteiger partial charge in [0.1, 0.15) is 5.82 Å². The molecule has 3 nitrogen and oxygen atoms in total. The van der Waals surface area contributed by atoms with E-state index in [1.165, 1.54) is 12.1 Å². The van der Waals surface area contributed by atoms with E-state index in [-0.39, 0.29) is 12.4 Å². The maximum absolute atomic E-state index is 13.5. The quantitative estimate of drug-likeness (QED) is 0.488. The standard InChI is InChI=1S/C18H19F4N3/c1-23-17(24-10-9-14-6-2-3-8-16(14)19)25-12-13-5-4-7-15(11-13)18(20,21)22/h2-8,11H,9-10,12H2,1H3,(H2,23,24,25). The van der Waals surface area contributed by atoms with E-state index >= 15 is 0 Å². The van der Waals surface area contributed by atoms with Crippen LogP contribution in [0.4, 0.5) is 17.6 Å². The molecule has 0 atom stereocenters. The van der Waals surface area contributed by atoms with E-state index in [1.807, 2.05) is 0 Å². The fourth-order valence-electron chi connectivity index (χ4n) is 2.28. The van der Waals surface area contributed by atoms with Crippen molar-refractivity contribution in [2.75, 3.05) is 13.6 Å². The van der Waals surface area contributed by atoms with Crippen LogP contribution >= 0.6 is 0 Å². The third-order valence-corrected chi connectivity index (χ3v) is 3.58. The molecule has 0 aliphatic carbocycles. The first kappa shape index (κ1) is 18.8. The smallest absolute Gasteiger partial charge is 0.356 e. The minimum Gasteiger partial charge on any atom is -0.356 e. The van der Waals surface area contributed by atoms with Crippen LogP contribution in [0.5, 0.6) is 0 Å². The lowest BCUT2D eigenvalue weighted by molar-refractivity contribution is -0.137. The summed E-state index contributed by atoms with van der Waals surface area (Å²) in [4.78, 5) is 4.01. The van der Waals surface area contributed by atoms with Gasteiger partial charge in [-0.15, -0.1) is 0 Å². The van der Waals surface area contributed by atoms with Gasteiger partial charge in [0, 0.05) is 20.1 Å². The number of nitrogens with zero attached hydrogens (tertiary/aromatic N) is 1. The summed E-state index contributed by atoms with van der Waals surface area (Å²) in [5, 5.41) is 5.95. The molecule has 0 aliphatic rings. The van der Waals surface area contributed by atoms with Crippen molar-refractivity contribution in [1.29, 1.82) is 0 Å². The summed E-state index contributed by atoms with van der Waals surface area (Å²) in [6.07, 6.45) is -3.90. The lowest BCUT2D eigenvalue weighted by Crippen LogP contribution is -2.38. The van der Waals surface area contributed by atoms with Gasteiger partial charge in [-0.3, -0.25) is 4.99 Å². The topological polar surface area (TPSA) is 36.4 Å². The number of alkyl halides is 3. The Morgan fingerprint density at radius 2 is 1.80 bits per heavy atom. The molecule has 7 heteroatoms. The van der Waals surface area contributed by atoms with Crippen molar-refractivity contribution in [3.63, 3.8) is 0 Å². The van der Waals surface area contributed by atoms with Crippen LogP contribution in [0.2, 0.25) is 0 Å². The molecule has 0 fully saturated rings. The molecule has 0 spiro atoms. The highest BCUT2D eigenvalue weighted by atomic mass is 19.4. The number of benzene rings is 2. The molecule has 25 heavy (non-hydrogen) atoms. The first-order chi connectivity index (χ1) is 11.9. The SMILES string of the molecule is CN=C(NCCc1ccccc1F)NCc1cccc(C(F)(F)F)c1. The van der Waals surface area contributed by atoms with Crippen LogP contribution in [0.25, 0.3) is 0 Å². The van der Waals surface area contributed by atoms with Crippen molar-refractivity contribution in [3.05, 3.63) is 71.0 Å². The van der Waals surface area contributed by atoms with E-state index in [2.05, 4.69) is 15.6 Å². The highest BCUT2D eigenvalue weighted by Crippen LogP contribution is 2.29. The Labute approximate surface area is 143 Å². The van der Waals surface area contributed by atoms with Crippen LogP contribution < -0.4 is 10.6 Å². The number of hydrogen-bond donors (Lipinski definition) is 2. The summed E-state index contributed by atoms with van der Waals surface area (Å²) in [7, 11) is 1.56. The average Bonchev–Trinajstić information content (AvgIpc) is 2.59. The fourth-order valence-corrected chi connectivity index (χ4v) is 2.28. The zero-order valence-electron chi connectivity index (χ0n) is 13.7. The lowest BCUT2D eigenvalue weighted by Gasteiger charge is -2.13. The molecule has 2 aromatic carbocycles. The first-order valence-corrected chi connectivity index (χ1v) is 7.74. The minimum absolute atomic E-state index is 0.198. The number of nitrogens with one attached hydrogen (secondary N) is 2. The van der Waals surface area contributed by atoms with Crippen molar-refractivity contribution >= 4 is 5.96 Å². The largest absolute Gasteiger partial charge is 0.416 e. The van der Waals surface area contributed by atoms with Crippen molar-refractivity contribution < 1.29 is 17.6 Å². The fraction of sp³-hybridized carbons (Fsp3) is 0.278. The Balaban J connectivity index is 1.86. The molecular weight excluding hydrogens is 334 g/mol.